The van der Waals surface area contributed by atoms with E-state index >= 15 is 0 Å². The number of benzene rings is 2. The first-order chi connectivity index (χ1) is 17.1. The lowest BCUT2D eigenvalue weighted by molar-refractivity contribution is -0.123. The van der Waals surface area contributed by atoms with Crippen molar-refractivity contribution < 1.29 is 28.2 Å². The standard InChI is InChI=1S/C27H30N2O6/c1-32-21-14-7-6-13-20(21)29(27(31)23-16-9-17-35-23)24(26(30)28-18-10-4-5-11-18)19-12-8-15-22(33-2)25(19)34-3/h6-9,12-18,24H,4-5,10-11H2,1-3H3,(H,28,30)/t24-/m1/s1. The van der Waals surface area contributed by atoms with Crippen LogP contribution in [0.4, 0.5) is 5.69 Å². The molecule has 2 aromatic carbocycles. The van der Waals surface area contributed by atoms with Crippen LogP contribution in [0.2, 0.25) is 0 Å². The van der Waals surface area contributed by atoms with Crippen molar-refractivity contribution in [1.29, 1.82) is 0 Å². The van der Waals surface area contributed by atoms with Gasteiger partial charge in [-0.05, 0) is 43.2 Å². The highest BCUT2D eigenvalue weighted by atomic mass is 16.5. The van der Waals surface area contributed by atoms with Crippen molar-refractivity contribution in [2.24, 2.45) is 0 Å². The van der Waals surface area contributed by atoms with Crippen LogP contribution in [0, 0.1) is 0 Å². The second kappa shape index (κ2) is 11.0. The third-order valence-corrected chi connectivity index (χ3v) is 6.23. The lowest BCUT2D eigenvalue weighted by atomic mass is 10.00. The van der Waals surface area contributed by atoms with Gasteiger partial charge in [0.2, 0.25) is 5.91 Å². The minimum absolute atomic E-state index is 0.0415. The van der Waals surface area contributed by atoms with Gasteiger partial charge in [-0.3, -0.25) is 14.5 Å². The molecule has 0 radical (unpaired) electrons. The smallest absolute Gasteiger partial charge is 0.295 e. The molecule has 1 aliphatic carbocycles. The molecule has 184 valence electrons. The lowest BCUT2D eigenvalue weighted by Crippen LogP contribution is -2.46. The highest BCUT2D eigenvalue weighted by Crippen LogP contribution is 2.42. The third-order valence-electron chi connectivity index (χ3n) is 6.23. The summed E-state index contributed by atoms with van der Waals surface area (Å²) >= 11 is 0. The van der Waals surface area contributed by atoms with E-state index in [1.54, 1.807) is 54.6 Å². The summed E-state index contributed by atoms with van der Waals surface area (Å²) < 4.78 is 22.2. The number of amides is 2. The molecule has 0 aliphatic heterocycles. The molecule has 3 aromatic rings. The Morgan fingerprint density at radius 2 is 1.63 bits per heavy atom. The van der Waals surface area contributed by atoms with E-state index in [9.17, 15) is 9.59 Å². The number of hydrogen-bond acceptors (Lipinski definition) is 6. The van der Waals surface area contributed by atoms with Crippen LogP contribution in [0.5, 0.6) is 17.2 Å². The number of nitrogens with one attached hydrogen (secondary N) is 1. The highest BCUT2D eigenvalue weighted by molar-refractivity contribution is 6.09. The normalized spacial score (nSPS) is 14.3. The number of ether oxygens (including phenoxy) is 3. The Labute approximate surface area is 204 Å². The van der Waals surface area contributed by atoms with Crippen molar-refractivity contribution in [3.05, 3.63) is 72.2 Å². The molecule has 0 bridgehead atoms. The molecule has 0 spiro atoms. The Morgan fingerprint density at radius 1 is 0.914 bits per heavy atom. The summed E-state index contributed by atoms with van der Waals surface area (Å²) in [7, 11) is 4.56. The monoisotopic (exact) mass is 478 g/mol. The Morgan fingerprint density at radius 3 is 2.29 bits per heavy atom. The number of rotatable bonds is 9. The van der Waals surface area contributed by atoms with Crippen LogP contribution in [-0.2, 0) is 4.79 Å². The average molecular weight is 479 g/mol. The average Bonchev–Trinajstić information content (AvgIpc) is 3.61. The number of furan rings is 1. The zero-order chi connectivity index (χ0) is 24.8. The van der Waals surface area contributed by atoms with E-state index in [1.807, 2.05) is 0 Å². The fraction of sp³-hybridized carbons (Fsp3) is 0.333. The molecule has 8 nitrogen and oxygen atoms in total. The van der Waals surface area contributed by atoms with Crippen LogP contribution in [0.15, 0.2) is 65.3 Å². The molecular weight excluding hydrogens is 448 g/mol. The number of nitrogens with zero attached hydrogens (tertiary/aromatic N) is 1. The zero-order valence-corrected chi connectivity index (χ0v) is 20.2. The Balaban J connectivity index is 1.92. The fourth-order valence-electron chi connectivity index (χ4n) is 4.59. The largest absolute Gasteiger partial charge is 0.495 e. The van der Waals surface area contributed by atoms with Crippen molar-refractivity contribution in [3.8, 4) is 17.2 Å². The van der Waals surface area contributed by atoms with Gasteiger partial charge >= 0.3 is 0 Å². The van der Waals surface area contributed by atoms with E-state index in [4.69, 9.17) is 18.6 Å². The van der Waals surface area contributed by atoms with Gasteiger partial charge in [0.15, 0.2) is 17.3 Å². The third kappa shape index (κ3) is 4.96. The SMILES string of the molecule is COc1ccccc1N(C(=O)c1ccco1)[C@@H](C(=O)NC1CCCC1)c1cccc(OC)c1OC. The van der Waals surface area contributed by atoms with Gasteiger partial charge in [0.05, 0.1) is 33.3 Å². The Hall–Kier alpha value is -3.94. The van der Waals surface area contributed by atoms with Crippen LogP contribution >= 0.6 is 0 Å². The summed E-state index contributed by atoms with van der Waals surface area (Å²) in [5.41, 5.74) is 0.904. The first kappa shape index (κ1) is 24.2. The van der Waals surface area contributed by atoms with E-state index in [0.717, 1.165) is 25.7 Å². The maximum Gasteiger partial charge on any atom is 0.295 e. The maximum atomic E-state index is 14.0. The Kier molecular flexibility index (Phi) is 7.60. The van der Waals surface area contributed by atoms with Gasteiger partial charge < -0.3 is 23.9 Å². The molecular formula is C27H30N2O6. The minimum atomic E-state index is -1.09. The molecule has 1 aromatic heterocycles. The fourth-order valence-corrected chi connectivity index (χ4v) is 4.59. The quantitative estimate of drug-likeness (QED) is 0.477. The highest BCUT2D eigenvalue weighted by Gasteiger charge is 2.39. The molecule has 1 heterocycles. The zero-order valence-electron chi connectivity index (χ0n) is 20.2. The molecule has 1 aliphatic rings. The lowest BCUT2D eigenvalue weighted by Gasteiger charge is -2.33. The van der Waals surface area contributed by atoms with Gasteiger partial charge in [-0.15, -0.1) is 0 Å². The number of anilines is 1. The summed E-state index contributed by atoms with van der Waals surface area (Å²) in [5.74, 6) is 0.539. The molecule has 0 unspecified atom stereocenters. The molecule has 4 rings (SSSR count). The van der Waals surface area contributed by atoms with Gasteiger partial charge in [-0.1, -0.05) is 37.1 Å². The van der Waals surface area contributed by atoms with E-state index < -0.39 is 11.9 Å². The summed E-state index contributed by atoms with van der Waals surface area (Å²) in [6.45, 7) is 0. The minimum Gasteiger partial charge on any atom is -0.495 e. The van der Waals surface area contributed by atoms with E-state index in [1.165, 1.54) is 32.5 Å². The first-order valence-corrected chi connectivity index (χ1v) is 11.6. The summed E-state index contributed by atoms with van der Waals surface area (Å²) in [6, 6.07) is 14.5. The van der Waals surface area contributed by atoms with Gasteiger partial charge in [0.1, 0.15) is 11.8 Å². The van der Waals surface area contributed by atoms with E-state index in [-0.39, 0.29) is 17.7 Å². The summed E-state index contributed by atoms with van der Waals surface area (Å²) in [4.78, 5) is 29.3. The summed E-state index contributed by atoms with van der Waals surface area (Å²) in [6.07, 6.45) is 5.33. The molecule has 35 heavy (non-hydrogen) atoms. The van der Waals surface area contributed by atoms with Gasteiger partial charge in [-0.25, -0.2) is 0 Å². The van der Waals surface area contributed by atoms with Crippen LogP contribution in [-0.4, -0.2) is 39.2 Å². The molecule has 8 heteroatoms. The number of methoxy groups -OCH3 is 3. The maximum absolute atomic E-state index is 14.0. The molecule has 1 N–H and O–H groups in total. The van der Waals surface area contributed by atoms with Crippen molar-refractivity contribution in [1.82, 2.24) is 5.32 Å². The second-order valence-corrected chi connectivity index (χ2v) is 8.30. The van der Waals surface area contributed by atoms with Crippen molar-refractivity contribution in [2.75, 3.05) is 26.2 Å². The van der Waals surface area contributed by atoms with Crippen LogP contribution < -0.4 is 24.4 Å². The number of para-hydroxylation sites is 3. The van der Waals surface area contributed by atoms with Gasteiger partial charge in [-0.2, -0.15) is 0 Å². The summed E-state index contributed by atoms with van der Waals surface area (Å²) in [5, 5.41) is 3.15. The molecule has 1 saturated carbocycles. The number of carbonyl (C=O) groups excluding carboxylic acids is 2. The number of carbonyl (C=O) groups is 2. The van der Waals surface area contributed by atoms with E-state index in [0.29, 0.717) is 28.5 Å². The number of hydrogen-bond donors (Lipinski definition) is 1. The van der Waals surface area contributed by atoms with Crippen molar-refractivity contribution in [2.45, 2.75) is 37.8 Å². The molecule has 1 atom stereocenters. The van der Waals surface area contributed by atoms with Crippen molar-refractivity contribution >= 4 is 17.5 Å². The predicted molar refractivity (Wildman–Crippen MR) is 131 cm³/mol. The van der Waals surface area contributed by atoms with Crippen LogP contribution in [0.25, 0.3) is 0 Å². The van der Waals surface area contributed by atoms with Crippen LogP contribution in [0.1, 0.15) is 47.8 Å². The topological polar surface area (TPSA) is 90.2 Å². The Bertz CT molecular complexity index is 1150. The molecule has 0 saturated heterocycles. The van der Waals surface area contributed by atoms with Crippen molar-refractivity contribution in [3.63, 3.8) is 0 Å². The first-order valence-electron chi connectivity index (χ1n) is 11.6. The van der Waals surface area contributed by atoms with Gasteiger partial charge in [0, 0.05) is 11.6 Å². The van der Waals surface area contributed by atoms with Gasteiger partial charge in [0.25, 0.3) is 5.91 Å². The molecule has 1 fully saturated rings. The van der Waals surface area contributed by atoms with E-state index in [2.05, 4.69) is 5.32 Å². The predicted octanol–water partition coefficient (Wildman–Crippen LogP) is 4.75. The second-order valence-electron chi connectivity index (χ2n) is 8.30. The molecule has 2 amide bonds. The van der Waals surface area contributed by atoms with Crippen LogP contribution in [0.3, 0.4) is 0 Å².